The summed E-state index contributed by atoms with van der Waals surface area (Å²) in [5.41, 5.74) is 1.59. The molecular formula is C22H20N4O4. The SMILES string of the molecule is O=C(C=Cc1ccc([N+](=O)[O-])cc1)N1CCCCC1c1nc(-c2ccccc2)no1. The molecule has 2 aromatic carbocycles. The Labute approximate surface area is 173 Å². The van der Waals surface area contributed by atoms with E-state index in [1.807, 2.05) is 30.3 Å². The number of rotatable bonds is 5. The van der Waals surface area contributed by atoms with Crippen LogP contribution in [0.15, 0.2) is 65.2 Å². The number of carbonyl (C=O) groups excluding carboxylic acids is 1. The maximum atomic E-state index is 12.8. The normalized spacial score (nSPS) is 16.7. The molecular weight excluding hydrogens is 384 g/mol. The topological polar surface area (TPSA) is 102 Å². The van der Waals surface area contributed by atoms with Crippen molar-refractivity contribution in [2.75, 3.05) is 6.54 Å². The van der Waals surface area contributed by atoms with E-state index in [4.69, 9.17) is 4.52 Å². The molecule has 8 nitrogen and oxygen atoms in total. The van der Waals surface area contributed by atoms with Crippen molar-refractivity contribution in [3.8, 4) is 11.4 Å². The summed E-state index contributed by atoms with van der Waals surface area (Å²) in [6.07, 6.45) is 5.78. The molecule has 1 aliphatic rings. The second kappa shape index (κ2) is 8.69. The number of amides is 1. The Morgan fingerprint density at radius 1 is 1.13 bits per heavy atom. The molecule has 0 radical (unpaired) electrons. The third-order valence-corrected chi connectivity index (χ3v) is 5.07. The van der Waals surface area contributed by atoms with Crippen LogP contribution in [0.3, 0.4) is 0 Å². The largest absolute Gasteiger partial charge is 0.337 e. The third kappa shape index (κ3) is 4.27. The summed E-state index contributed by atoms with van der Waals surface area (Å²) in [6.45, 7) is 0.608. The van der Waals surface area contributed by atoms with Crippen LogP contribution >= 0.6 is 0 Å². The van der Waals surface area contributed by atoms with Crippen LogP contribution in [0.25, 0.3) is 17.5 Å². The lowest BCUT2D eigenvalue weighted by atomic mass is 10.0. The average molecular weight is 404 g/mol. The minimum Gasteiger partial charge on any atom is -0.337 e. The van der Waals surface area contributed by atoms with Gasteiger partial charge in [0.25, 0.3) is 5.69 Å². The highest BCUT2D eigenvalue weighted by molar-refractivity contribution is 5.92. The van der Waals surface area contributed by atoms with Crippen LogP contribution in [0.4, 0.5) is 5.69 Å². The summed E-state index contributed by atoms with van der Waals surface area (Å²) in [4.78, 5) is 29.4. The minimum absolute atomic E-state index is 0.0141. The zero-order valence-corrected chi connectivity index (χ0v) is 16.2. The Bertz CT molecular complexity index is 1060. The Balaban J connectivity index is 1.50. The molecule has 4 rings (SSSR count). The first-order valence-corrected chi connectivity index (χ1v) is 9.74. The molecule has 1 aliphatic heterocycles. The van der Waals surface area contributed by atoms with E-state index < -0.39 is 4.92 Å². The number of hydrogen-bond acceptors (Lipinski definition) is 6. The van der Waals surface area contributed by atoms with Gasteiger partial charge in [-0.1, -0.05) is 35.5 Å². The van der Waals surface area contributed by atoms with Crippen LogP contribution in [0.5, 0.6) is 0 Å². The lowest BCUT2D eigenvalue weighted by molar-refractivity contribution is -0.384. The molecule has 0 spiro atoms. The Morgan fingerprint density at radius 3 is 2.63 bits per heavy atom. The van der Waals surface area contributed by atoms with Gasteiger partial charge < -0.3 is 9.42 Å². The van der Waals surface area contributed by atoms with Gasteiger partial charge in [0, 0.05) is 30.3 Å². The minimum atomic E-state index is -0.453. The molecule has 0 saturated carbocycles. The number of non-ortho nitro benzene ring substituents is 1. The van der Waals surface area contributed by atoms with E-state index in [1.54, 1.807) is 23.1 Å². The van der Waals surface area contributed by atoms with Crippen LogP contribution < -0.4 is 0 Å². The van der Waals surface area contributed by atoms with Crippen molar-refractivity contribution in [2.45, 2.75) is 25.3 Å². The van der Waals surface area contributed by atoms with Crippen molar-refractivity contribution >= 4 is 17.7 Å². The monoisotopic (exact) mass is 404 g/mol. The van der Waals surface area contributed by atoms with Gasteiger partial charge >= 0.3 is 0 Å². The lowest BCUT2D eigenvalue weighted by Crippen LogP contribution is -2.37. The average Bonchev–Trinajstić information content (AvgIpc) is 3.28. The molecule has 0 N–H and O–H groups in total. The van der Waals surface area contributed by atoms with Crippen molar-refractivity contribution in [3.63, 3.8) is 0 Å². The fraction of sp³-hybridized carbons (Fsp3) is 0.227. The lowest BCUT2D eigenvalue weighted by Gasteiger charge is -2.32. The predicted molar refractivity (Wildman–Crippen MR) is 110 cm³/mol. The summed E-state index contributed by atoms with van der Waals surface area (Å²) in [5.74, 6) is 0.785. The van der Waals surface area contributed by atoms with Gasteiger partial charge in [-0.25, -0.2) is 0 Å². The van der Waals surface area contributed by atoms with Crippen molar-refractivity contribution in [2.24, 2.45) is 0 Å². The summed E-state index contributed by atoms with van der Waals surface area (Å²) in [7, 11) is 0. The van der Waals surface area contributed by atoms with Gasteiger partial charge in [0.15, 0.2) is 0 Å². The fourth-order valence-electron chi connectivity index (χ4n) is 3.50. The molecule has 2 heterocycles. The first-order chi connectivity index (χ1) is 14.6. The Hall–Kier alpha value is -3.81. The number of aromatic nitrogens is 2. The van der Waals surface area contributed by atoms with Gasteiger partial charge in [-0.05, 0) is 43.0 Å². The molecule has 1 unspecified atom stereocenters. The van der Waals surface area contributed by atoms with Crippen LogP contribution in [0.1, 0.15) is 36.8 Å². The fourth-order valence-corrected chi connectivity index (χ4v) is 3.50. The quantitative estimate of drug-likeness (QED) is 0.354. The molecule has 0 aliphatic carbocycles. The third-order valence-electron chi connectivity index (χ3n) is 5.07. The number of piperidine rings is 1. The van der Waals surface area contributed by atoms with E-state index in [0.29, 0.717) is 23.8 Å². The number of nitro groups is 1. The van der Waals surface area contributed by atoms with E-state index in [9.17, 15) is 14.9 Å². The summed E-state index contributed by atoms with van der Waals surface area (Å²) in [6, 6.07) is 15.3. The molecule has 1 saturated heterocycles. The van der Waals surface area contributed by atoms with Gasteiger partial charge in [0.05, 0.1) is 4.92 Å². The van der Waals surface area contributed by atoms with E-state index in [1.165, 1.54) is 18.2 Å². The van der Waals surface area contributed by atoms with Crippen LogP contribution in [0, 0.1) is 10.1 Å². The van der Waals surface area contributed by atoms with E-state index in [-0.39, 0.29) is 17.6 Å². The van der Waals surface area contributed by atoms with Gasteiger partial charge in [-0.15, -0.1) is 0 Å². The Morgan fingerprint density at radius 2 is 1.90 bits per heavy atom. The highest BCUT2D eigenvalue weighted by Crippen LogP contribution is 2.31. The number of benzene rings is 2. The maximum Gasteiger partial charge on any atom is 0.269 e. The Kier molecular flexibility index (Phi) is 5.65. The standard InChI is InChI=1S/C22H20N4O4/c27-20(14-11-16-9-12-18(13-10-16)26(28)29)25-15-5-4-8-19(25)22-23-21(24-30-22)17-6-2-1-3-7-17/h1-3,6-7,9-14,19H,4-5,8,15H2. The smallest absolute Gasteiger partial charge is 0.269 e. The number of nitro benzene ring substituents is 1. The van der Waals surface area contributed by atoms with Gasteiger partial charge in [0.1, 0.15) is 6.04 Å². The second-order valence-corrected chi connectivity index (χ2v) is 7.05. The molecule has 1 atom stereocenters. The first kappa shape index (κ1) is 19.5. The zero-order valence-electron chi connectivity index (χ0n) is 16.2. The van der Waals surface area contributed by atoms with E-state index in [2.05, 4.69) is 10.1 Å². The molecule has 8 heteroatoms. The molecule has 1 amide bonds. The van der Waals surface area contributed by atoms with Crippen molar-refractivity contribution < 1.29 is 14.2 Å². The number of hydrogen-bond donors (Lipinski definition) is 0. The highest BCUT2D eigenvalue weighted by Gasteiger charge is 2.31. The van der Waals surface area contributed by atoms with Gasteiger partial charge in [0.2, 0.25) is 17.6 Å². The molecule has 1 fully saturated rings. The number of nitrogens with zero attached hydrogens (tertiary/aromatic N) is 4. The van der Waals surface area contributed by atoms with Crippen LogP contribution in [-0.2, 0) is 4.79 Å². The van der Waals surface area contributed by atoms with Gasteiger partial charge in [-0.3, -0.25) is 14.9 Å². The maximum absolute atomic E-state index is 12.8. The molecule has 152 valence electrons. The summed E-state index contributed by atoms with van der Waals surface area (Å²) >= 11 is 0. The predicted octanol–water partition coefficient (Wildman–Crippen LogP) is 4.41. The second-order valence-electron chi connectivity index (χ2n) is 7.05. The molecule has 3 aromatic rings. The molecule has 1 aromatic heterocycles. The molecule has 30 heavy (non-hydrogen) atoms. The van der Waals surface area contributed by atoms with Crippen molar-refractivity contribution in [1.82, 2.24) is 15.0 Å². The number of carbonyl (C=O) groups is 1. The highest BCUT2D eigenvalue weighted by atomic mass is 16.6. The van der Waals surface area contributed by atoms with Gasteiger partial charge in [-0.2, -0.15) is 4.98 Å². The first-order valence-electron chi connectivity index (χ1n) is 9.74. The molecule has 0 bridgehead atoms. The van der Waals surface area contributed by atoms with Crippen molar-refractivity contribution in [3.05, 3.63) is 82.2 Å². The van der Waals surface area contributed by atoms with E-state index >= 15 is 0 Å². The summed E-state index contributed by atoms with van der Waals surface area (Å²) in [5, 5.41) is 14.8. The van der Waals surface area contributed by atoms with Crippen molar-refractivity contribution in [1.29, 1.82) is 0 Å². The van der Waals surface area contributed by atoms with Crippen LogP contribution in [0.2, 0.25) is 0 Å². The van der Waals surface area contributed by atoms with E-state index in [0.717, 1.165) is 24.8 Å². The zero-order chi connectivity index (χ0) is 20.9. The van der Waals surface area contributed by atoms with Crippen LogP contribution in [-0.4, -0.2) is 32.4 Å². The number of likely N-dealkylation sites (tertiary alicyclic amines) is 1. The summed E-state index contributed by atoms with van der Waals surface area (Å²) < 4.78 is 5.49.